The Morgan fingerprint density at radius 2 is 2.27 bits per heavy atom. The summed E-state index contributed by atoms with van der Waals surface area (Å²) in [6, 6.07) is 9.91. The fourth-order valence-corrected chi connectivity index (χ4v) is 4.14. The average molecular weight is 333 g/mol. The summed E-state index contributed by atoms with van der Waals surface area (Å²) in [4.78, 5) is 16.5. The molecule has 1 aliphatic rings. The van der Waals surface area contributed by atoms with Gasteiger partial charge >= 0.3 is 0 Å². The van der Waals surface area contributed by atoms with Gasteiger partial charge in [-0.15, -0.1) is 23.1 Å². The summed E-state index contributed by atoms with van der Waals surface area (Å²) >= 11 is 3.31. The number of hydrogen-bond donors (Lipinski definition) is 2. The van der Waals surface area contributed by atoms with Gasteiger partial charge in [-0.3, -0.25) is 4.79 Å². The van der Waals surface area contributed by atoms with Crippen LogP contribution in [0.5, 0.6) is 0 Å². The summed E-state index contributed by atoms with van der Waals surface area (Å²) in [5.41, 5.74) is 2.13. The molecule has 1 aromatic carbocycles. The molecule has 0 atom stereocenters. The van der Waals surface area contributed by atoms with Crippen molar-refractivity contribution >= 4 is 40.4 Å². The molecule has 0 saturated carbocycles. The Morgan fingerprint density at radius 1 is 1.36 bits per heavy atom. The first-order valence-electron chi connectivity index (χ1n) is 7.29. The number of hydrogen-bond acceptors (Lipinski definition) is 5. The molecular formula is C16H19N3OS2. The van der Waals surface area contributed by atoms with Crippen molar-refractivity contribution in [1.82, 2.24) is 5.32 Å². The van der Waals surface area contributed by atoms with Crippen LogP contribution in [0.3, 0.4) is 0 Å². The standard InChI is InChI=1S/C16H19N3OS2/c1-17-6-7-19-8-10-22-15-11-12(4-5-13(15)19)18-16(20)14-3-2-9-21-14/h2-5,9,11,17H,6-8,10H2,1H3,(H,18,20). The van der Waals surface area contributed by atoms with Crippen molar-refractivity contribution in [1.29, 1.82) is 0 Å². The molecule has 0 radical (unpaired) electrons. The number of thioether (sulfide) groups is 1. The van der Waals surface area contributed by atoms with E-state index in [0.717, 1.165) is 36.0 Å². The van der Waals surface area contributed by atoms with Gasteiger partial charge in [-0.25, -0.2) is 0 Å². The molecular weight excluding hydrogens is 314 g/mol. The molecule has 6 heteroatoms. The van der Waals surface area contributed by atoms with E-state index >= 15 is 0 Å². The Hall–Kier alpha value is -1.50. The minimum atomic E-state index is -0.0391. The number of rotatable bonds is 5. The number of fused-ring (bicyclic) bond motifs is 1. The van der Waals surface area contributed by atoms with Gasteiger partial charge in [0, 0.05) is 36.0 Å². The lowest BCUT2D eigenvalue weighted by atomic mass is 10.2. The lowest BCUT2D eigenvalue weighted by molar-refractivity contribution is 0.103. The SMILES string of the molecule is CNCCN1CCSc2cc(NC(=O)c3cccs3)ccc21. The second kappa shape index (κ2) is 7.17. The predicted octanol–water partition coefficient (Wildman–Crippen LogP) is 3.13. The highest BCUT2D eigenvalue weighted by molar-refractivity contribution is 7.99. The first-order valence-corrected chi connectivity index (χ1v) is 9.15. The van der Waals surface area contributed by atoms with Crippen LogP contribution in [0.2, 0.25) is 0 Å². The van der Waals surface area contributed by atoms with E-state index in [1.54, 1.807) is 0 Å². The van der Waals surface area contributed by atoms with E-state index in [2.05, 4.69) is 27.7 Å². The van der Waals surface area contributed by atoms with Crippen LogP contribution < -0.4 is 15.5 Å². The maximum absolute atomic E-state index is 12.1. The van der Waals surface area contributed by atoms with Crippen molar-refractivity contribution in [3.05, 3.63) is 40.6 Å². The van der Waals surface area contributed by atoms with Gasteiger partial charge in [0.15, 0.2) is 0 Å². The third-order valence-electron chi connectivity index (χ3n) is 3.55. The van der Waals surface area contributed by atoms with Gasteiger partial charge in [-0.05, 0) is 36.7 Å². The number of thiophene rings is 1. The maximum atomic E-state index is 12.1. The third-order valence-corrected chi connectivity index (χ3v) is 5.45. The lowest BCUT2D eigenvalue weighted by Crippen LogP contribution is -2.34. The Bertz CT molecular complexity index is 643. The van der Waals surface area contributed by atoms with E-state index in [1.807, 2.05) is 42.4 Å². The van der Waals surface area contributed by atoms with Crippen LogP contribution in [-0.2, 0) is 0 Å². The van der Waals surface area contributed by atoms with Gasteiger partial charge in [0.05, 0.1) is 10.6 Å². The normalized spacial score (nSPS) is 13.8. The smallest absolute Gasteiger partial charge is 0.265 e. The Morgan fingerprint density at radius 3 is 3.05 bits per heavy atom. The summed E-state index contributed by atoms with van der Waals surface area (Å²) in [5, 5.41) is 8.09. The molecule has 1 aliphatic heterocycles. The van der Waals surface area contributed by atoms with E-state index in [0.29, 0.717) is 0 Å². The quantitative estimate of drug-likeness (QED) is 0.882. The zero-order valence-corrected chi connectivity index (χ0v) is 14.1. The highest BCUT2D eigenvalue weighted by Gasteiger charge is 2.18. The van der Waals surface area contributed by atoms with Gasteiger partial charge in [-0.2, -0.15) is 0 Å². The average Bonchev–Trinajstić information content (AvgIpc) is 3.07. The lowest BCUT2D eigenvalue weighted by Gasteiger charge is -2.31. The number of carbonyl (C=O) groups excluding carboxylic acids is 1. The fraction of sp³-hybridized carbons (Fsp3) is 0.312. The minimum Gasteiger partial charge on any atom is -0.369 e. The molecule has 2 N–H and O–H groups in total. The summed E-state index contributed by atoms with van der Waals surface area (Å²) in [7, 11) is 1.98. The molecule has 0 unspecified atom stereocenters. The molecule has 0 aliphatic carbocycles. The Kier molecular flexibility index (Phi) is 5.02. The largest absolute Gasteiger partial charge is 0.369 e. The third kappa shape index (κ3) is 3.45. The van der Waals surface area contributed by atoms with Crippen LogP contribution in [0.25, 0.3) is 0 Å². The van der Waals surface area contributed by atoms with Gasteiger partial charge < -0.3 is 15.5 Å². The molecule has 1 aromatic heterocycles. The van der Waals surface area contributed by atoms with Gasteiger partial charge in [-0.1, -0.05) is 6.07 Å². The number of amides is 1. The van der Waals surface area contributed by atoms with Crippen molar-refractivity contribution in [3.63, 3.8) is 0 Å². The van der Waals surface area contributed by atoms with E-state index in [1.165, 1.54) is 21.9 Å². The van der Waals surface area contributed by atoms with Crippen LogP contribution in [-0.4, -0.2) is 38.3 Å². The van der Waals surface area contributed by atoms with Crippen LogP contribution in [0, 0.1) is 0 Å². The monoisotopic (exact) mass is 333 g/mol. The number of likely N-dealkylation sites (N-methyl/N-ethyl adjacent to an activating group) is 1. The fourth-order valence-electron chi connectivity index (χ4n) is 2.43. The molecule has 0 fully saturated rings. The van der Waals surface area contributed by atoms with Crippen LogP contribution in [0.4, 0.5) is 11.4 Å². The van der Waals surface area contributed by atoms with Crippen molar-refractivity contribution in [2.75, 3.05) is 42.7 Å². The molecule has 0 saturated heterocycles. The minimum absolute atomic E-state index is 0.0391. The molecule has 22 heavy (non-hydrogen) atoms. The van der Waals surface area contributed by atoms with Crippen molar-refractivity contribution < 1.29 is 4.79 Å². The Balaban J connectivity index is 1.74. The highest BCUT2D eigenvalue weighted by atomic mass is 32.2. The summed E-state index contributed by atoms with van der Waals surface area (Å²) in [6.45, 7) is 3.05. The molecule has 4 nitrogen and oxygen atoms in total. The van der Waals surface area contributed by atoms with Crippen LogP contribution >= 0.6 is 23.1 Å². The number of nitrogens with one attached hydrogen (secondary N) is 2. The summed E-state index contributed by atoms with van der Waals surface area (Å²) in [6.07, 6.45) is 0. The predicted molar refractivity (Wildman–Crippen MR) is 95.6 cm³/mol. The van der Waals surface area contributed by atoms with E-state index in [-0.39, 0.29) is 5.91 Å². The first kappa shape index (κ1) is 15.4. The molecule has 0 bridgehead atoms. The van der Waals surface area contributed by atoms with E-state index < -0.39 is 0 Å². The van der Waals surface area contributed by atoms with Gasteiger partial charge in [0.2, 0.25) is 0 Å². The van der Waals surface area contributed by atoms with Crippen LogP contribution in [0.15, 0.2) is 40.6 Å². The number of carbonyl (C=O) groups is 1. The summed E-state index contributed by atoms with van der Waals surface area (Å²) in [5.74, 6) is 1.04. The van der Waals surface area contributed by atoms with E-state index in [9.17, 15) is 4.79 Å². The van der Waals surface area contributed by atoms with Crippen molar-refractivity contribution in [2.45, 2.75) is 4.90 Å². The summed E-state index contributed by atoms with van der Waals surface area (Å²) < 4.78 is 0. The second-order valence-corrected chi connectivity index (χ2v) is 7.14. The second-order valence-electron chi connectivity index (χ2n) is 5.05. The maximum Gasteiger partial charge on any atom is 0.265 e. The molecule has 0 spiro atoms. The zero-order chi connectivity index (χ0) is 15.4. The zero-order valence-electron chi connectivity index (χ0n) is 12.5. The topological polar surface area (TPSA) is 44.4 Å². The van der Waals surface area contributed by atoms with Crippen molar-refractivity contribution in [3.8, 4) is 0 Å². The Labute approximate surface area is 138 Å². The van der Waals surface area contributed by atoms with Gasteiger partial charge in [0.1, 0.15) is 0 Å². The van der Waals surface area contributed by atoms with Crippen LogP contribution in [0.1, 0.15) is 9.67 Å². The molecule has 2 heterocycles. The van der Waals surface area contributed by atoms with E-state index in [4.69, 9.17) is 0 Å². The molecule has 3 rings (SSSR count). The van der Waals surface area contributed by atoms with Crippen molar-refractivity contribution in [2.24, 2.45) is 0 Å². The molecule has 116 valence electrons. The highest BCUT2D eigenvalue weighted by Crippen LogP contribution is 2.36. The van der Waals surface area contributed by atoms with Gasteiger partial charge in [0.25, 0.3) is 5.91 Å². The first-order chi connectivity index (χ1) is 10.8. The molecule has 2 aromatic rings. The number of anilines is 2. The molecule has 1 amide bonds. The number of nitrogens with zero attached hydrogens (tertiary/aromatic N) is 1. The number of benzene rings is 1.